The monoisotopic (exact) mass is 178 g/mol. The standard InChI is InChI=1S/C10H7ClO/c11-10-4-2-1-3-9(10)8-5-6-12-7-8/h1-7H. The molecule has 0 radical (unpaired) electrons. The van der Waals surface area contributed by atoms with Crippen LogP contribution in [0.2, 0.25) is 5.02 Å². The molecule has 1 nitrogen and oxygen atoms in total. The van der Waals surface area contributed by atoms with Gasteiger partial charge in [-0.2, -0.15) is 0 Å². The van der Waals surface area contributed by atoms with E-state index < -0.39 is 0 Å². The maximum Gasteiger partial charge on any atom is 0.0981 e. The summed E-state index contributed by atoms with van der Waals surface area (Å²) in [5, 5.41) is 0.749. The number of hydrogen-bond donors (Lipinski definition) is 0. The highest BCUT2D eigenvalue weighted by Gasteiger charge is 2.01. The van der Waals surface area contributed by atoms with E-state index in [1.807, 2.05) is 30.3 Å². The first-order valence-electron chi connectivity index (χ1n) is 3.65. The third-order valence-electron chi connectivity index (χ3n) is 1.71. The quantitative estimate of drug-likeness (QED) is 0.651. The van der Waals surface area contributed by atoms with Gasteiger partial charge in [-0.3, -0.25) is 0 Å². The van der Waals surface area contributed by atoms with Gasteiger partial charge in [0.1, 0.15) is 0 Å². The fourth-order valence-corrected chi connectivity index (χ4v) is 1.36. The molecule has 1 aromatic carbocycles. The van der Waals surface area contributed by atoms with Crippen molar-refractivity contribution in [3.63, 3.8) is 0 Å². The molecule has 0 aliphatic heterocycles. The van der Waals surface area contributed by atoms with Crippen LogP contribution in [0.5, 0.6) is 0 Å². The summed E-state index contributed by atoms with van der Waals surface area (Å²) in [5.74, 6) is 0. The summed E-state index contributed by atoms with van der Waals surface area (Å²) in [6.45, 7) is 0. The van der Waals surface area contributed by atoms with E-state index >= 15 is 0 Å². The van der Waals surface area contributed by atoms with Crippen LogP contribution < -0.4 is 0 Å². The van der Waals surface area contributed by atoms with Crippen molar-refractivity contribution < 1.29 is 4.42 Å². The van der Waals surface area contributed by atoms with Crippen molar-refractivity contribution in [1.29, 1.82) is 0 Å². The Bertz CT molecular complexity index is 365. The molecule has 0 N–H and O–H groups in total. The highest BCUT2D eigenvalue weighted by atomic mass is 35.5. The molecule has 1 aromatic heterocycles. The third-order valence-corrected chi connectivity index (χ3v) is 2.04. The lowest BCUT2D eigenvalue weighted by Gasteiger charge is -1.98. The second-order valence-corrected chi connectivity index (χ2v) is 2.90. The van der Waals surface area contributed by atoms with Gasteiger partial charge in [-0.15, -0.1) is 0 Å². The normalized spacial score (nSPS) is 10.1. The zero-order valence-electron chi connectivity index (χ0n) is 6.33. The fourth-order valence-electron chi connectivity index (χ4n) is 1.11. The minimum Gasteiger partial charge on any atom is -0.472 e. The van der Waals surface area contributed by atoms with Crippen LogP contribution in [0, 0.1) is 0 Å². The highest BCUT2D eigenvalue weighted by Crippen LogP contribution is 2.27. The molecule has 0 unspecified atom stereocenters. The van der Waals surface area contributed by atoms with Crippen LogP contribution in [0.3, 0.4) is 0 Å². The lowest BCUT2D eigenvalue weighted by Crippen LogP contribution is -1.73. The maximum absolute atomic E-state index is 5.97. The molecule has 0 atom stereocenters. The van der Waals surface area contributed by atoms with Crippen molar-refractivity contribution >= 4 is 11.6 Å². The van der Waals surface area contributed by atoms with E-state index in [0.717, 1.165) is 16.1 Å². The zero-order chi connectivity index (χ0) is 8.39. The number of rotatable bonds is 1. The minimum absolute atomic E-state index is 0.749. The summed E-state index contributed by atoms with van der Waals surface area (Å²) in [5.41, 5.74) is 2.02. The molecule has 2 heteroatoms. The van der Waals surface area contributed by atoms with Gasteiger partial charge in [-0.25, -0.2) is 0 Å². The predicted octanol–water partition coefficient (Wildman–Crippen LogP) is 3.60. The molecule has 0 aliphatic rings. The van der Waals surface area contributed by atoms with E-state index in [2.05, 4.69) is 0 Å². The predicted molar refractivity (Wildman–Crippen MR) is 49.2 cm³/mol. The van der Waals surface area contributed by atoms with Gasteiger partial charge in [-0.05, 0) is 12.1 Å². The largest absolute Gasteiger partial charge is 0.472 e. The van der Waals surface area contributed by atoms with E-state index in [1.165, 1.54) is 0 Å². The molecule has 0 aliphatic carbocycles. The van der Waals surface area contributed by atoms with Gasteiger partial charge in [-0.1, -0.05) is 29.8 Å². The Morgan fingerprint density at radius 3 is 2.58 bits per heavy atom. The summed E-state index contributed by atoms with van der Waals surface area (Å²) in [6.07, 6.45) is 3.32. The first-order valence-corrected chi connectivity index (χ1v) is 4.03. The smallest absolute Gasteiger partial charge is 0.0981 e. The Labute approximate surface area is 75.6 Å². The van der Waals surface area contributed by atoms with E-state index in [0.29, 0.717) is 0 Å². The van der Waals surface area contributed by atoms with E-state index in [1.54, 1.807) is 12.5 Å². The van der Waals surface area contributed by atoms with Crippen LogP contribution in [0.25, 0.3) is 11.1 Å². The molecule has 1 heterocycles. The number of hydrogen-bond acceptors (Lipinski definition) is 1. The molecule has 2 rings (SSSR count). The first-order chi connectivity index (χ1) is 5.88. The molecule has 12 heavy (non-hydrogen) atoms. The molecule has 0 amide bonds. The molecule has 0 fully saturated rings. The lowest BCUT2D eigenvalue weighted by molar-refractivity contribution is 0.568. The van der Waals surface area contributed by atoms with E-state index in [9.17, 15) is 0 Å². The summed E-state index contributed by atoms with van der Waals surface area (Å²) in [4.78, 5) is 0. The second kappa shape index (κ2) is 3.03. The van der Waals surface area contributed by atoms with E-state index in [4.69, 9.17) is 16.0 Å². The molecule has 2 aromatic rings. The topological polar surface area (TPSA) is 13.1 Å². The van der Waals surface area contributed by atoms with Crippen molar-refractivity contribution in [3.05, 3.63) is 47.9 Å². The SMILES string of the molecule is Clc1ccccc1-c1ccoc1. The summed E-state index contributed by atoms with van der Waals surface area (Å²) >= 11 is 5.97. The van der Waals surface area contributed by atoms with Crippen molar-refractivity contribution in [2.45, 2.75) is 0 Å². The van der Waals surface area contributed by atoms with Gasteiger partial charge in [0.05, 0.1) is 12.5 Å². The molecule has 60 valence electrons. The first kappa shape index (κ1) is 7.44. The maximum atomic E-state index is 5.97. The molecule has 0 bridgehead atoms. The number of halogens is 1. The highest BCUT2D eigenvalue weighted by molar-refractivity contribution is 6.33. The number of benzene rings is 1. The third kappa shape index (κ3) is 1.23. The van der Waals surface area contributed by atoms with Crippen LogP contribution in [0.1, 0.15) is 0 Å². The summed E-state index contributed by atoms with van der Waals surface area (Å²) < 4.78 is 4.97. The lowest BCUT2D eigenvalue weighted by atomic mass is 10.1. The van der Waals surface area contributed by atoms with Crippen molar-refractivity contribution in [1.82, 2.24) is 0 Å². The van der Waals surface area contributed by atoms with Gasteiger partial charge in [0.15, 0.2) is 0 Å². The Kier molecular flexibility index (Phi) is 1.88. The second-order valence-electron chi connectivity index (χ2n) is 2.49. The summed E-state index contributed by atoms with van der Waals surface area (Å²) in [6, 6.07) is 9.58. The minimum atomic E-state index is 0.749. The Morgan fingerprint density at radius 1 is 1.08 bits per heavy atom. The van der Waals surface area contributed by atoms with Crippen molar-refractivity contribution in [2.24, 2.45) is 0 Å². The van der Waals surface area contributed by atoms with Crippen LogP contribution in [-0.4, -0.2) is 0 Å². The van der Waals surface area contributed by atoms with Crippen molar-refractivity contribution in [2.75, 3.05) is 0 Å². The summed E-state index contributed by atoms with van der Waals surface area (Å²) in [7, 11) is 0. The van der Waals surface area contributed by atoms with Crippen LogP contribution in [0.4, 0.5) is 0 Å². The Balaban J connectivity index is 2.55. The van der Waals surface area contributed by atoms with Crippen LogP contribution in [-0.2, 0) is 0 Å². The van der Waals surface area contributed by atoms with Gasteiger partial charge in [0.2, 0.25) is 0 Å². The zero-order valence-corrected chi connectivity index (χ0v) is 7.08. The van der Waals surface area contributed by atoms with Crippen molar-refractivity contribution in [3.8, 4) is 11.1 Å². The molecular weight excluding hydrogens is 172 g/mol. The van der Waals surface area contributed by atoms with Gasteiger partial charge in [0.25, 0.3) is 0 Å². The van der Waals surface area contributed by atoms with Crippen LogP contribution in [0.15, 0.2) is 47.3 Å². The molecule has 0 spiro atoms. The molecule has 0 saturated heterocycles. The van der Waals surface area contributed by atoms with Gasteiger partial charge < -0.3 is 4.42 Å². The van der Waals surface area contributed by atoms with E-state index in [-0.39, 0.29) is 0 Å². The number of furan rings is 1. The average Bonchev–Trinajstić information content (AvgIpc) is 2.57. The molecule has 0 saturated carbocycles. The van der Waals surface area contributed by atoms with Crippen LogP contribution >= 0.6 is 11.6 Å². The Morgan fingerprint density at radius 2 is 1.92 bits per heavy atom. The van der Waals surface area contributed by atoms with Gasteiger partial charge >= 0.3 is 0 Å². The Hall–Kier alpha value is -1.21. The average molecular weight is 179 g/mol. The molecular formula is C10H7ClO. The van der Waals surface area contributed by atoms with Gasteiger partial charge in [0, 0.05) is 16.1 Å². The fraction of sp³-hybridized carbons (Fsp3) is 0.